The molecule has 2 aromatic carbocycles. The number of fused-ring (bicyclic) bond motifs is 1. The van der Waals surface area contributed by atoms with Crippen LogP contribution in [0, 0.1) is 0 Å². The van der Waals surface area contributed by atoms with Gasteiger partial charge in [-0.2, -0.15) is 0 Å². The summed E-state index contributed by atoms with van der Waals surface area (Å²) in [6.45, 7) is 3.85. The Labute approximate surface area is 128 Å². The van der Waals surface area contributed by atoms with Gasteiger partial charge in [0.15, 0.2) is 0 Å². The van der Waals surface area contributed by atoms with Gasteiger partial charge < -0.3 is 15.2 Å². The van der Waals surface area contributed by atoms with Crippen LogP contribution in [0.4, 0.5) is 0 Å². The third-order valence-corrected chi connectivity index (χ3v) is 3.88. The molecule has 0 aliphatic carbocycles. The van der Waals surface area contributed by atoms with Crippen LogP contribution in [-0.2, 0) is 0 Å². The number of hydrogen-bond acceptors (Lipinski definition) is 3. The lowest BCUT2D eigenvalue weighted by Gasteiger charge is -2.14. The summed E-state index contributed by atoms with van der Waals surface area (Å²) in [6.07, 6.45) is 0.559. The average Bonchev–Trinajstić information content (AvgIpc) is 2.47. The molecule has 0 bridgehead atoms. The summed E-state index contributed by atoms with van der Waals surface area (Å²) in [5.74, 6) is 0.762. The van der Waals surface area contributed by atoms with E-state index in [1.807, 2.05) is 30.3 Å². The van der Waals surface area contributed by atoms with Crippen molar-refractivity contribution < 1.29 is 9.84 Å². The van der Waals surface area contributed by atoms with Gasteiger partial charge in [0.2, 0.25) is 0 Å². The fraction of sp³-hybridized carbons (Fsp3) is 0.375. The van der Waals surface area contributed by atoms with Crippen LogP contribution in [0.5, 0.6) is 5.75 Å². The first-order valence-electron chi connectivity index (χ1n) is 6.91. The van der Waals surface area contributed by atoms with Crippen LogP contribution in [0.2, 0.25) is 0 Å². The van der Waals surface area contributed by atoms with Crippen molar-refractivity contribution >= 4 is 26.7 Å². The van der Waals surface area contributed by atoms with E-state index in [1.165, 1.54) is 0 Å². The number of aliphatic hydroxyl groups excluding tert-OH is 1. The number of halogens is 1. The lowest BCUT2D eigenvalue weighted by Crippen LogP contribution is -2.31. The summed E-state index contributed by atoms with van der Waals surface area (Å²) in [5, 5.41) is 15.3. The zero-order valence-electron chi connectivity index (χ0n) is 11.6. The summed E-state index contributed by atoms with van der Waals surface area (Å²) in [4.78, 5) is 0. The van der Waals surface area contributed by atoms with Crippen molar-refractivity contribution in [3.63, 3.8) is 0 Å². The normalized spacial score (nSPS) is 12.6. The molecule has 0 saturated heterocycles. The van der Waals surface area contributed by atoms with E-state index in [0.29, 0.717) is 6.54 Å². The maximum absolute atomic E-state index is 9.84. The van der Waals surface area contributed by atoms with Gasteiger partial charge in [0.05, 0.1) is 4.47 Å². The van der Waals surface area contributed by atoms with Gasteiger partial charge in [-0.1, -0.05) is 37.3 Å². The minimum absolute atomic E-state index is 0.285. The quantitative estimate of drug-likeness (QED) is 0.761. The van der Waals surface area contributed by atoms with Gasteiger partial charge in [-0.3, -0.25) is 0 Å². The van der Waals surface area contributed by atoms with E-state index in [2.05, 4.69) is 34.2 Å². The van der Waals surface area contributed by atoms with Gasteiger partial charge in [0, 0.05) is 6.54 Å². The summed E-state index contributed by atoms with van der Waals surface area (Å²) < 4.78 is 6.64. The Morgan fingerprint density at radius 2 is 2.05 bits per heavy atom. The Morgan fingerprint density at radius 1 is 1.25 bits per heavy atom. The Hall–Kier alpha value is -1.10. The molecular formula is C16H20BrNO2. The molecule has 20 heavy (non-hydrogen) atoms. The molecule has 0 amide bonds. The third kappa shape index (κ3) is 3.95. The standard InChI is InChI=1S/C16H20BrNO2/c1-2-9-18-10-13(19)11-20-15-8-7-12-5-3-4-6-14(12)16(15)17/h3-8,13,18-19H,2,9-11H2,1H3. The molecular weight excluding hydrogens is 318 g/mol. The summed E-state index contributed by atoms with van der Waals surface area (Å²) in [7, 11) is 0. The molecule has 108 valence electrons. The molecule has 0 saturated carbocycles. The van der Waals surface area contributed by atoms with Crippen molar-refractivity contribution in [2.75, 3.05) is 19.7 Å². The van der Waals surface area contributed by atoms with Crippen LogP contribution in [-0.4, -0.2) is 30.9 Å². The fourth-order valence-corrected chi connectivity index (χ4v) is 2.62. The van der Waals surface area contributed by atoms with Gasteiger partial charge in [-0.15, -0.1) is 0 Å². The predicted molar refractivity (Wildman–Crippen MR) is 86.3 cm³/mol. The molecule has 1 unspecified atom stereocenters. The molecule has 0 aromatic heterocycles. The van der Waals surface area contributed by atoms with Crippen LogP contribution in [0.1, 0.15) is 13.3 Å². The van der Waals surface area contributed by atoms with Gasteiger partial charge in [0.1, 0.15) is 18.5 Å². The van der Waals surface area contributed by atoms with Crippen molar-refractivity contribution in [2.45, 2.75) is 19.4 Å². The van der Waals surface area contributed by atoms with Crippen molar-refractivity contribution in [2.24, 2.45) is 0 Å². The van der Waals surface area contributed by atoms with E-state index in [-0.39, 0.29) is 6.61 Å². The second kappa shape index (κ2) is 7.62. The molecule has 0 aliphatic heterocycles. The molecule has 0 aliphatic rings. The van der Waals surface area contributed by atoms with E-state index in [4.69, 9.17) is 4.74 Å². The molecule has 2 rings (SSSR count). The number of hydrogen-bond donors (Lipinski definition) is 2. The minimum atomic E-state index is -0.500. The van der Waals surface area contributed by atoms with Gasteiger partial charge >= 0.3 is 0 Å². The van der Waals surface area contributed by atoms with E-state index in [1.54, 1.807) is 0 Å². The van der Waals surface area contributed by atoms with E-state index in [0.717, 1.165) is 34.0 Å². The molecule has 1 atom stereocenters. The first-order valence-corrected chi connectivity index (χ1v) is 7.70. The van der Waals surface area contributed by atoms with Crippen molar-refractivity contribution in [3.05, 3.63) is 40.9 Å². The zero-order valence-corrected chi connectivity index (χ0v) is 13.2. The third-order valence-electron chi connectivity index (χ3n) is 3.07. The lowest BCUT2D eigenvalue weighted by atomic mass is 10.1. The molecule has 3 nitrogen and oxygen atoms in total. The van der Waals surface area contributed by atoms with Gasteiger partial charge in [0.25, 0.3) is 0 Å². The molecule has 4 heteroatoms. The fourth-order valence-electron chi connectivity index (χ4n) is 2.02. The predicted octanol–water partition coefficient (Wildman–Crippen LogP) is 3.34. The monoisotopic (exact) mass is 337 g/mol. The van der Waals surface area contributed by atoms with Crippen LogP contribution < -0.4 is 10.1 Å². The first-order chi connectivity index (χ1) is 9.72. The number of rotatable bonds is 7. The topological polar surface area (TPSA) is 41.5 Å². The summed E-state index contributed by atoms with van der Waals surface area (Å²) >= 11 is 3.57. The Kier molecular flexibility index (Phi) is 5.83. The Bertz CT molecular complexity index is 559. The van der Waals surface area contributed by atoms with Crippen molar-refractivity contribution in [3.8, 4) is 5.75 Å². The smallest absolute Gasteiger partial charge is 0.134 e. The summed E-state index contributed by atoms with van der Waals surface area (Å²) in [6, 6.07) is 12.1. The van der Waals surface area contributed by atoms with Gasteiger partial charge in [-0.25, -0.2) is 0 Å². The maximum Gasteiger partial charge on any atom is 0.134 e. The minimum Gasteiger partial charge on any atom is -0.490 e. The lowest BCUT2D eigenvalue weighted by molar-refractivity contribution is 0.106. The highest BCUT2D eigenvalue weighted by molar-refractivity contribution is 9.10. The van der Waals surface area contributed by atoms with Crippen molar-refractivity contribution in [1.29, 1.82) is 0 Å². The molecule has 2 aromatic rings. The number of aliphatic hydroxyl groups is 1. The second-order valence-electron chi connectivity index (χ2n) is 4.77. The maximum atomic E-state index is 9.84. The molecule has 0 heterocycles. The molecule has 2 N–H and O–H groups in total. The number of benzene rings is 2. The Balaban J connectivity index is 1.98. The highest BCUT2D eigenvalue weighted by Gasteiger charge is 2.09. The largest absolute Gasteiger partial charge is 0.490 e. The highest BCUT2D eigenvalue weighted by Crippen LogP contribution is 2.32. The highest BCUT2D eigenvalue weighted by atomic mass is 79.9. The molecule has 0 spiro atoms. The van der Waals surface area contributed by atoms with Gasteiger partial charge in [-0.05, 0) is 45.7 Å². The van der Waals surface area contributed by atoms with Crippen LogP contribution in [0.15, 0.2) is 40.9 Å². The number of nitrogens with one attached hydrogen (secondary N) is 1. The van der Waals surface area contributed by atoms with Crippen LogP contribution in [0.3, 0.4) is 0 Å². The first kappa shape index (κ1) is 15.3. The number of ether oxygens (including phenoxy) is 1. The average molecular weight is 338 g/mol. The van der Waals surface area contributed by atoms with Crippen LogP contribution in [0.25, 0.3) is 10.8 Å². The van der Waals surface area contributed by atoms with Crippen molar-refractivity contribution in [1.82, 2.24) is 5.32 Å². The Morgan fingerprint density at radius 3 is 2.85 bits per heavy atom. The van der Waals surface area contributed by atoms with E-state index in [9.17, 15) is 5.11 Å². The zero-order chi connectivity index (χ0) is 14.4. The summed E-state index contributed by atoms with van der Waals surface area (Å²) in [5.41, 5.74) is 0. The molecule has 0 fully saturated rings. The van der Waals surface area contributed by atoms with Crippen LogP contribution >= 0.6 is 15.9 Å². The second-order valence-corrected chi connectivity index (χ2v) is 5.56. The molecule has 0 radical (unpaired) electrons. The van der Waals surface area contributed by atoms with E-state index < -0.39 is 6.10 Å². The van der Waals surface area contributed by atoms with E-state index >= 15 is 0 Å². The SMILES string of the molecule is CCCNCC(O)COc1ccc2ccccc2c1Br.